The highest BCUT2D eigenvalue weighted by atomic mass is 16.5. The van der Waals surface area contributed by atoms with Crippen molar-refractivity contribution in [3.63, 3.8) is 0 Å². The first-order valence-corrected chi connectivity index (χ1v) is 5.72. The zero-order valence-corrected chi connectivity index (χ0v) is 10.8. The maximum absolute atomic E-state index is 10.5. The number of aliphatic carboxylic acids is 1. The van der Waals surface area contributed by atoms with Gasteiger partial charge in [-0.1, -0.05) is 6.92 Å². The van der Waals surface area contributed by atoms with Crippen LogP contribution < -0.4 is 0 Å². The molecule has 0 saturated heterocycles. The number of nitrogens with zero attached hydrogens (tertiary/aromatic N) is 1. The molecule has 0 fully saturated rings. The molecule has 6 nitrogen and oxygen atoms in total. The van der Waals surface area contributed by atoms with Crippen LogP contribution in [0.15, 0.2) is 0 Å². The molecule has 0 aromatic carbocycles. The van der Waals surface area contributed by atoms with Gasteiger partial charge in [0.1, 0.15) is 0 Å². The fraction of sp³-hybridized carbons (Fsp3) is 0.909. The van der Waals surface area contributed by atoms with Crippen molar-refractivity contribution >= 4 is 5.97 Å². The molecule has 2 N–H and O–H groups in total. The Labute approximate surface area is 102 Å². The number of hydrogen-bond acceptors (Lipinski definition) is 5. The number of aliphatic hydroxyl groups is 1. The summed E-state index contributed by atoms with van der Waals surface area (Å²) in [6.07, 6.45) is -0.766. The topological polar surface area (TPSA) is 79.2 Å². The Kier molecular flexibility index (Phi) is 8.97. The molecule has 2 unspecified atom stereocenters. The lowest BCUT2D eigenvalue weighted by molar-refractivity contribution is -0.138. The van der Waals surface area contributed by atoms with E-state index in [1.807, 2.05) is 13.8 Å². The van der Waals surface area contributed by atoms with Crippen LogP contribution in [-0.4, -0.2) is 73.2 Å². The number of likely N-dealkylation sites (N-methyl/N-ethyl adjacent to an activating group) is 1. The Morgan fingerprint density at radius 2 is 2.06 bits per heavy atom. The molecule has 17 heavy (non-hydrogen) atoms. The van der Waals surface area contributed by atoms with Crippen LogP contribution in [0.3, 0.4) is 0 Å². The molecule has 0 aliphatic rings. The quantitative estimate of drug-likeness (QED) is 0.558. The standard InChI is InChI=1S/C11H23NO5/c1-4-12(6-11(14)15)5-10(13)8-17-9(2)7-16-3/h9-10,13H,4-8H2,1-3H3,(H,14,15). The number of aliphatic hydroxyl groups excluding tert-OH is 1. The van der Waals surface area contributed by atoms with Gasteiger partial charge in [0.05, 0.1) is 32.0 Å². The summed E-state index contributed by atoms with van der Waals surface area (Å²) in [6, 6.07) is 0. The van der Waals surface area contributed by atoms with Gasteiger partial charge >= 0.3 is 5.97 Å². The molecule has 0 amide bonds. The van der Waals surface area contributed by atoms with Gasteiger partial charge in [0, 0.05) is 13.7 Å². The third-order valence-electron chi connectivity index (χ3n) is 2.25. The van der Waals surface area contributed by atoms with Crippen molar-refractivity contribution in [1.82, 2.24) is 4.90 Å². The molecule has 0 rings (SSSR count). The average Bonchev–Trinajstić information content (AvgIpc) is 2.25. The van der Waals surface area contributed by atoms with Crippen molar-refractivity contribution in [3.05, 3.63) is 0 Å². The molecule has 0 aliphatic carbocycles. The summed E-state index contributed by atoms with van der Waals surface area (Å²) >= 11 is 0. The summed E-state index contributed by atoms with van der Waals surface area (Å²) in [4.78, 5) is 12.2. The molecule has 0 radical (unpaired) electrons. The highest BCUT2D eigenvalue weighted by molar-refractivity contribution is 5.69. The van der Waals surface area contributed by atoms with Gasteiger partial charge in [-0.2, -0.15) is 0 Å². The van der Waals surface area contributed by atoms with Crippen molar-refractivity contribution in [2.75, 3.05) is 40.0 Å². The van der Waals surface area contributed by atoms with Crippen molar-refractivity contribution in [2.24, 2.45) is 0 Å². The Bertz CT molecular complexity index is 212. The van der Waals surface area contributed by atoms with Crippen LogP contribution in [0.5, 0.6) is 0 Å². The number of methoxy groups -OCH3 is 1. The lowest BCUT2D eigenvalue weighted by atomic mass is 10.3. The maximum Gasteiger partial charge on any atom is 0.317 e. The molecular formula is C11H23NO5. The van der Waals surface area contributed by atoms with Crippen molar-refractivity contribution in [1.29, 1.82) is 0 Å². The van der Waals surface area contributed by atoms with Crippen molar-refractivity contribution in [2.45, 2.75) is 26.1 Å². The summed E-state index contributed by atoms with van der Waals surface area (Å²) in [5, 5.41) is 18.3. The van der Waals surface area contributed by atoms with Crippen LogP contribution in [0, 0.1) is 0 Å². The average molecular weight is 249 g/mol. The van der Waals surface area contributed by atoms with E-state index in [4.69, 9.17) is 14.6 Å². The largest absolute Gasteiger partial charge is 0.480 e. The maximum atomic E-state index is 10.5. The van der Waals surface area contributed by atoms with E-state index >= 15 is 0 Å². The minimum atomic E-state index is -0.896. The molecule has 0 aromatic rings. The zero-order valence-electron chi connectivity index (χ0n) is 10.8. The second-order valence-electron chi connectivity index (χ2n) is 3.97. The smallest absolute Gasteiger partial charge is 0.317 e. The van der Waals surface area contributed by atoms with E-state index < -0.39 is 12.1 Å². The van der Waals surface area contributed by atoms with Gasteiger partial charge in [-0.05, 0) is 13.5 Å². The van der Waals surface area contributed by atoms with Gasteiger partial charge in [-0.15, -0.1) is 0 Å². The van der Waals surface area contributed by atoms with Crippen LogP contribution in [0.25, 0.3) is 0 Å². The zero-order chi connectivity index (χ0) is 13.3. The van der Waals surface area contributed by atoms with E-state index in [1.54, 1.807) is 12.0 Å². The van der Waals surface area contributed by atoms with Crippen molar-refractivity contribution in [3.8, 4) is 0 Å². The van der Waals surface area contributed by atoms with E-state index in [9.17, 15) is 9.90 Å². The summed E-state index contributed by atoms with van der Waals surface area (Å²) in [5.74, 6) is -0.896. The van der Waals surface area contributed by atoms with Gasteiger partial charge in [-0.25, -0.2) is 0 Å². The first-order valence-electron chi connectivity index (χ1n) is 5.72. The first kappa shape index (κ1) is 16.3. The normalized spacial score (nSPS) is 14.9. The number of ether oxygens (including phenoxy) is 2. The van der Waals surface area contributed by atoms with Gasteiger partial charge in [0.25, 0.3) is 0 Å². The predicted molar refractivity (Wildman–Crippen MR) is 63.0 cm³/mol. The van der Waals surface area contributed by atoms with Crippen LogP contribution in [0.4, 0.5) is 0 Å². The van der Waals surface area contributed by atoms with E-state index in [2.05, 4.69) is 0 Å². The molecular weight excluding hydrogens is 226 g/mol. The molecule has 0 saturated carbocycles. The number of rotatable bonds is 10. The van der Waals surface area contributed by atoms with E-state index in [0.717, 1.165) is 0 Å². The van der Waals surface area contributed by atoms with Gasteiger partial charge in [0.2, 0.25) is 0 Å². The van der Waals surface area contributed by atoms with Crippen molar-refractivity contribution < 1.29 is 24.5 Å². The number of carboxylic acid groups (broad SMARTS) is 1. The molecule has 0 aromatic heterocycles. The Morgan fingerprint density at radius 3 is 2.53 bits per heavy atom. The van der Waals surface area contributed by atoms with Crippen LogP contribution in [0.2, 0.25) is 0 Å². The molecule has 6 heteroatoms. The van der Waals surface area contributed by atoms with Crippen LogP contribution in [-0.2, 0) is 14.3 Å². The molecule has 2 atom stereocenters. The highest BCUT2D eigenvalue weighted by Gasteiger charge is 2.14. The third-order valence-corrected chi connectivity index (χ3v) is 2.25. The number of carbonyl (C=O) groups is 1. The molecule has 0 aliphatic heterocycles. The summed E-state index contributed by atoms with van der Waals surface area (Å²) in [7, 11) is 1.59. The van der Waals surface area contributed by atoms with Crippen LogP contribution in [0.1, 0.15) is 13.8 Å². The lowest BCUT2D eigenvalue weighted by Crippen LogP contribution is -2.38. The second kappa shape index (κ2) is 9.35. The van der Waals surface area contributed by atoms with Gasteiger partial charge in [0.15, 0.2) is 0 Å². The molecule has 0 heterocycles. The minimum absolute atomic E-state index is 0.0683. The second-order valence-corrected chi connectivity index (χ2v) is 3.97. The highest BCUT2D eigenvalue weighted by Crippen LogP contribution is 1.97. The van der Waals surface area contributed by atoms with Gasteiger partial charge < -0.3 is 19.7 Å². The predicted octanol–water partition coefficient (Wildman–Crippen LogP) is -0.195. The number of hydrogen-bond donors (Lipinski definition) is 2. The Balaban J connectivity index is 3.81. The minimum Gasteiger partial charge on any atom is -0.480 e. The van der Waals surface area contributed by atoms with Crippen LogP contribution >= 0.6 is 0 Å². The summed E-state index contributed by atoms with van der Waals surface area (Å²) < 4.78 is 10.2. The lowest BCUT2D eigenvalue weighted by Gasteiger charge is -2.22. The SMILES string of the molecule is CCN(CC(=O)O)CC(O)COC(C)COC. The monoisotopic (exact) mass is 249 g/mol. The first-order chi connectivity index (χ1) is 7.99. The fourth-order valence-electron chi connectivity index (χ4n) is 1.41. The number of carboxylic acids is 1. The molecule has 0 spiro atoms. The Hall–Kier alpha value is -0.690. The molecule has 102 valence electrons. The fourth-order valence-corrected chi connectivity index (χ4v) is 1.41. The summed E-state index contributed by atoms with van der Waals surface area (Å²) in [5.41, 5.74) is 0. The summed E-state index contributed by atoms with van der Waals surface area (Å²) in [6.45, 7) is 5.16. The third kappa shape index (κ3) is 9.05. The Morgan fingerprint density at radius 1 is 1.41 bits per heavy atom. The van der Waals surface area contributed by atoms with E-state index in [1.165, 1.54) is 0 Å². The van der Waals surface area contributed by atoms with E-state index in [0.29, 0.717) is 19.7 Å². The van der Waals surface area contributed by atoms with E-state index in [-0.39, 0.29) is 19.3 Å². The van der Waals surface area contributed by atoms with Gasteiger partial charge in [-0.3, -0.25) is 9.69 Å². The molecule has 0 bridgehead atoms.